The third kappa shape index (κ3) is 3.17. The van der Waals surface area contributed by atoms with Crippen molar-refractivity contribution in [2.24, 2.45) is 5.73 Å². The van der Waals surface area contributed by atoms with Crippen LogP contribution in [0.4, 0.5) is 0 Å². The van der Waals surface area contributed by atoms with Gasteiger partial charge < -0.3 is 5.73 Å². The Labute approximate surface area is 127 Å². The van der Waals surface area contributed by atoms with Crippen LogP contribution in [0.25, 0.3) is 10.6 Å². The smallest absolute Gasteiger partial charge is 0.123 e. The lowest BCUT2D eigenvalue weighted by Crippen LogP contribution is -2.29. The van der Waals surface area contributed by atoms with Crippen LogP contribution in [0, 0.1) is 0 Å². The first-order valence-corrected chi connectivity index (χ1v) is 7.59. The number of hydrogen-bond donors (Lipinski definition) is 1. The molecule has 0 radical (unpaired) electrons. The summed E-state index contributed by atoms with van der Waals surface area (Å²) in [7, 11) is 0. The fourth-order valence-electron chi connectivity index (χ4n) is 1.93. The Kier molecular flexibility index (Phi) is 3.57. The van der Waals surface area contributed by atoms with E-state index in [0.717, 1.165) is 22.0 Å². The molecule has 0 amide bonds. The normalized spacial score (nSPS) is 11.8. The summed E-state index contributed by atoms with van der Waals surface area (Å²) >= 11 is 1.64. The molecule has 6 heteroatoms. The molecule has 3 rings (SSSR count). The van der Waals surface area contributed by atoms with Gasteiger partial charge in [0, 0.05) is 10.9 Å². The van der Waals surface area contributed by atoms with Crippen molar-refractivity contribution in [3.8, 4) is 10.6 Å². The van der Waals surface area contributed by atoms with Crippen LogP contribution in [0.15, 0.2) is 41.9 Å². The quantitative estimate of drug-likeness (QED) is 0.804. The first-order chi connectivity index (χ1) is 10.0. The first kappa shape index (κ1) is 13.9. The second kappa shape index (κ2) is 5.38. The van der Waals surface area contributed by atoms with Gasteiger partial charge in [0.25, 0.3) is 0 Å². The highest BCUT2D eigenvalue weighted by Crippen LogP contribution is 2.23. The van der Waals surface area contributed by atoms with Crippen molar-refractivity contribution in [2.45, 2.75) is 25.9 Å². The Morgan fingerprint density at radius 1 is 1.24 bits per heavy atom. The minimum atomic E-state index is -0.477. The Hall–Kier alpha value is -2.05. The Balaban J connectivity index is 1.77. The number of benzene rings is 1. The largest absolute Gasteiger partial charge is 0.320 e. The fraction of sp³-hybridized carbons (Fsp3) is 0.267. The van der Waals surface area contributed by atoms with Gasteiger partial charge >= 0.3 is 0 Å². The zero-order valence-electron chi connectivity index (χ0n) is 12.0. The number of aromatic nitrogens is 4. The molecule has 0 saturated heterocycles. The van der Waals surface area contributed by atoms with Gasteiger partial charge in [0.05, 0.1) is 24.0 Å². The lowest BCUT2D eigenvalue weighted by Gasteiger charge is -2.13. The van der Waals surface area contributed by atoms with E-state index >= 15 is 0 Å². The maximum absolute atomic E-state index is 6.01. The van der Waals surface area contributed by atoms with Crippen molar-refractivity contribution in [3.63, 3.8) is 0 Å². The monoisotopic (exact) mass is 299 g/mol. The molecule has 0 aliphatic heterocycles. The number of rotatable bonds is 4. The van der Waals surface area contributed by atoms with E-state index in [9.17, 15) is 0 Å². The standard InChI is InChI=1S/C15H17N5S/c1-15(2,16)13-9-20(19-18-13)8-12-10-21-14(17-12)11-6-4-3-5-7-11/h3-7,9-10H,8,16H2,1-2H3. The molecule has 5 nitrogen and oxygen atoms in total. The third-order valence-electron chi connectivity index (χ3n) is 3.10. The van der Waals surface area contributed by atoms with Crippen LogP contribution in [0.5, 0.6) is 0 Å². The van der Waals surface area contributed by atoms with E-state index in [-0.39, 0.29) is 0 Å². The summed E-state index contributed by atoms with van der Waals surface area (Å²) in [6, 6.07) is 10.2. The predicted octanol–water partition coefficient (Wildman–Crippen LogP) is 2.64. The summed E-state index contributed by atoms with van der Waals surface area (Å²) in [4.78, 5) is 4.65. The van der Waals surface area contributed by atoms with Gasteiger partial charge in [-0.1, -0.05) is 35.5 Å². The van der Waals surface area contributed by atoms with Crippen molar-refractivity contribution in [1.82, 2.24) is 20.0 Å². The van der Waals surface area contributed by atoms with E-state index in [1.807, 2.05) is 38.2 Å². The molecule has 0 unspecified atom stereocenters. The summed E-state index contributed by atoms with van der Waals surface area (Å²) in [6.07, 6.45) is 1.88. The zero-order valence-corrected chi connectivity index (χ0v) is 12.8. The fourth-order valence-corrected chi connectivity index (χ4v) is 2.75. The predicted molar refractivity (Wildman–Crippen MR) is 83.9 cm³/mol. The van der Waals surface area contributed by atoms with Crippen molar-refractivity contribution < 1.29 is 0 Å². The van der Waals surface area contributed by atoms with Crippen LogP contribution in [0.1, 0.15) is 25.2 Å². The number of hydrogen-bond acceptors (Lipinski definition) is 5. The Bertz CT molecular complexity index is 724. The second-order valence-corrected chi connectivity index (χ2v) is 6.39. The first-order valence-electron chi connectivity index (χ1n) is 6.72. The summed E-state index contributed by atoms with van der Waals surface area (Å²) in [5.74, 6) is 0. The van der Waals surface area contributed by atoms with Crippen LogP contribution in [0.3, 0.4) is 0 Å². The lowest BCUT2D eigenvalue weighted by atomic mass is 10.0. The minimum Gasteiger partial charge on any atom is -0.320 e. The van der Waals surface area contributed by atoms with E-state index in [1.54, 1.807) is 16.0 Å². The van der Waals surface area contributed by atoms with Gasteiger partial charge in [0.1, 0.15) is 10.7 Å². The van der Waals surface area contributed by atoms with E-state index in [0.29, 0.717) is 6.54 Å². The molecule has 0 saturated carbocycles. The highest BCUT2D eigenvalue weighted by molar-refractivity contribution is 7.13. The molecule has 3 aromatic rings. The maximum atomic E-state index is 6.01. The highest BCUT2D eigenvalue weighted by Gasteiger charge is 2.18. The SMILES string of the molecule is CC(C)(N)c1cn(Cc2csc(-c3ccccc3)n2)nn1. The molecule has 0 bridgehead atoms. The van der Waals surface area contributed by atoms with E-state index in [1.165, 1.54) is 0 Å². The van der Waals surface area contributed by atoms with E-state index in [2.05, 4.69) is 32.8 Å². The number of thiazole rings is 1. The summed E-state index contributed by atoms with van der Waals surface area (Å²) in [5, 5.41) is 11.3. The molecule has 21 heavy (non-hydrogen) atoms. The second-order valence-electron chi connectivity index (χ2n) is 5.53. The molecule has 108 valence electrons. The molecule has 2 N–H and O–H groups in total. The van der Waals surface area contributed by atoms with Crippen LogP contribution in [-0.2, 0) is 12.1 Å². The van der Waals surface area contributed by atoms with E-state index < -0.39 is 5.54 Å². The van der Waals surface area contributed by atoms with Crippen molar-refractivity contribution in [2.75, 3.05) is 0 Å². The summed E-state index contributed by atoms with van der Waals surface area (Å²) in [6.45, 7) is 4.43. The third-order valence-corrected chi connectivity index (χ3v) is 4.04. The number of nitrogens with two attached hydrogens (primary N) is 1. The van der Waals surface area contributed by atoms with Crippen molar-refractivity contribution in [1.29, 1.82) is 0 Å². The Morgan fingerprint density at radius 3 is 2.67 bits per heavy atom. The van der Waals surface area contributed by atoms with Crippen LogP contribution >= 0.6 is 11.3 Å². The average Bonchev–Trinajstić information content (AvgIpc) is 3.09. The molecular weight excluding hydrogens is 282 g/mol. The Morgan fingerprint density at radius 2 is 2.00 bits per heavy atom. The molecule has 0 aliphatic carbocycles. The van der Waals surface area contributed by atoms with Gasteiger partial charge in [-0.05, 0) is 13.8 Å². The summed E-state index contributed by atoms with van der Waals surface area (Å²) < 4.78 is 1.77. The van der Waals surface area contributed by atoms with Crippen LogP contribution in [-0.4, -0.2) is 20.0 Å². The molecule has 2 aromatic heterocycles. The summed E-state index contributed by atoms with van der Waals surface area (Å²) in [5.41, 5.74) is 8.43. The molecule has 1 aromatic carbocycles. The van der Waals surface area contributed by atoms with Gasteiger partial charge in [-0.3, -0.25) is 0 Å². The van der Waals surface area contributed by atoms with Gasteiger partial charge in [-0.2, -0.15) is 0 Å². The molecule has 0 atom stereocenters. The van der Waals surface area contributed by atoms with Gasteiger partial charge in [0.15, 0.2) is 0 Å². The topological polar surface area (TPSA) is 69.6 Å². The minimum absolute atomic E-state index is 0.477. The molecule has 0 spiro atoms. The van der Waals surface area contributed by atoms with Gasteiger partial charge in [0.2, 0.25) is 0 Å². The van der Waals surface area contributed by atoms with E-state index in [4.69, 9.17) is 5.73 Å². The van der Waals surface area contributed by atoms with Crippen LogP contribution < -0.4 is 5.73 Å². The van der Waals surface area contributed by atoms with Gasteiger partial charge in [-0.25, -0.2) is 9.67 Å². The molecular formula is C15H17N5S. The lowest BCUT2D eigenvalue weighted by molar-refractivity contribution is 0.533. The molecule has 2 heterocycles. The zero-order chi connectivity index (χ0) is 14.9. The highest BCUT2D eigenvalue weighted by atomic mass is 32.1. The van der Waals surface area contributed by atoms with Crippen molar-refractivity contribution >= 4 is 11.3 Å². The molecule has 0 aliphatic rings. The van der Waals surface area contributed by atoms with Crippen LogP contribution in [0.2, 0.25) is 0 Å². The van der Waals surface area contributed by atoms with Gasteiger partial charge in [-0.15, -0.1) is 16.4 Å². The number of nitrogens with zero attached hydrogens (tertiary/aromatic N) is 4. The maximum Gasteiger partial charge on any atom is 0.123 e. The van der Waals surface area contributed by atoms with Crippen molar-refractivity contribution in [3.05, 3.63) is 53.3 Å². The molecule has 0 fully saturated rings. The average molecular weight is 299 g/mol.